The van der Waals surface area contributed by atoms with Crippen LogP contribution in [0.4, 0.5) is 4.39 Å². The molecule has 3 rings (SSSR count). The van der Waals surface area contributed by atoms with Gasteiger partial charge in [-0.2, -0.15) is 0 Å². The molecular formula is C17H22FNO3. The van der Waals surface area contributed by atoms with Crippen LogP contribution in [-0.4, -0.2) is 41.2 Å². The van der Waals surface area contributed by atoms with Crippen LogP contribution in [0.15, 0.2) is 24.3 Å². The zero-order valence-corrected chi connectivity index (χ0v) is 12.6. The molecule has 1 heterocycles. The Hall–Kier alpha value is -1.62. The SMILES string of the molecule is O=C(C1CCCC1)N1CCC(O)(COc2ccc(F)cc2)C1. The van der Waals surface area contributed by atoms with Gasteiger partial charge in [-0.05, 0) is 43.5 Å². The Kier molecular flexibility index (Phi) is 4.34. The minimum atomic E-state index is -1.01. The summed E-state index contributed by atoms with van der Waals surface area (Å²) in [5, 5.41) is 10.6. The van der Waals surface area contributed by atoms with Gasteiger partial charge in [-0.1, -0.05) is 12.8 Å². The number of β-amino-alcohol motifs (C(OH)–C–C–N with tert-alkyl or cyclic N) is 1. The zero-order valence-electron chi connectivity index (χ0n) is 12.6. The first-order chi connectivity index (χ1) is 10.6. The maximum absolute atomic E-state index is 12.8. The molecule has 2 aliphatic rings. The molecule has 1 unspecified atom stereocenters. The van der Waals surface area contributed by atoms with E-state index in [0.717, 1.165) is 25.7 Å². The van der Waals surface area contributed by atoms with Gasteiger partial charge in [0.2, 0.25) is 5.91 Å². The van der Waals surface area contributed by atoms with Crippen LogP contribution in [0.25, 0.3) is 0 Å². The molecule has 1 saturated heterocycles. The largest absolute Gasteiger partial charge is 0.491 e. The lowest BCUT2D eigenvalue weighted by Gasteiger charge is -2.25. The molecule has 1 aliphatic heterocycles. The van der Waals surface area contributed by atoms with Crippen LogP contribution in [0.1, 0.15) is 32.1 Å². The summed E-state index contributed by atoms with van der Waals surface area (Å²) in [6.07, 6.45) is 4.72. The van der Waals surface area contributed by atoms with E-state index in [9.17, 15) is 14.3 Å². The van der Waals surface area contributed by atoms with Gasteiger partial charge >= 0.3 is 0 Å². The predicted octanol–water partition coefficient (Wildman–Crippen LogP) is 2.36. The number of likely N-dealkylation sites (tertiary alicyclic amines) is 1. The summed E-state index contributed by atoms with van der Waals surface area (Å²) >= 11 is 0. The van der Waals surface area contributed by atoms with Crippen molar-refractivity contribution >= 4 is 5.91 Å². The molecule has 1 aromatic rings. The molecule has 0 radical (unpaired) electrons. The van der Waals surface area contributed by atoms with Gasteiger partial charge in [0, 0.05) is 12.5 Å². The molecule has 1 aliphatic carbocycles. The first kappa shape index (κ1) is 15.3. The number of ether oxygens (including phenoxy) is 1. The van der Waals surface area contributed by atoms with E-state index in [1.54, 1.807) is 4.90 Å². The predicted molar refractivity (Wildman–Crippen MR) is 80.0 cm³/mol. The van der Waals surface area contributed by atoms with E-state index in [-0.39, 0.29) is 24.2 Å². The van der Waals surface area contributed by atoms with Crippen molar-refractivity contribution in [3.63, 3.8) is 0 Å². The third kappa shape index (κ3) is 3.40. The Morgan fingerprint density at radius 1 is 1.32 bits per heavy atom. The molecule has 1 amide bonds. The van der Waals surface area contributed by atoms with Crippen molar-refractivity contribution in [2.45, 2.75) is 37.7 Å². The molecule has 1 saturated carbocycles. The summed E-state index contributed by atoms with van der Waals surface area (Å²) in [7, 11) is 0. The van der Waals surface area contributed by atoms with Crippen molar-refractivity contribution in [3.8, 4) is 5.75 Å². The van der Waals surface area contributed by atoms with Gasteiger partial charge in [-0.15, -0.1) is 0 Å². The third-order valence-corrected chi connectivity index (χ3v) is 4.67. The fourth-order valence-corrected chi connectivity index (χ4v) is 3.34. The number of carbonyl (C=O) groups is 1. The Balaban J connectivity index is 1.53. The van der Waals surface area contributed by atoms with Gasteiger partial charge in [0.05, 0.1) is 6.54 Å². The fraction of sp³-hybridized carbons (Fsp3) is 0.588. The van der Waals surface area contributed by atoms with E-state index in [1.165, 1.54) is 24.3 Å². The number of aliphatic hydroxyl groups is 1. The molecule has 1 aromatic carbocycles. The number of amides is 1. The maximum atomic E-state index is 12.8. The Morgan fingerprint density at radius 2 is 2.00 bits per heavy atom. The number of hydrogen-bond acceptors (Lipinski definition) is 3. The van der Waals surface area contributed by atoms with Crippen molar-refractivity contribution in [1.29, 1.82) is 0 Å². The summed E-state index contributed by atoms with van der Waals surface area (Å²) in [6.45, 7) is 1.02. The molecule has 4 nitrogen and oxygen atoms in total. The van der Waals surface area contributed by atoms with E-state index in [1.807, 2.05) is 0 Å². The first-order valence-electron chi connectivity index (χ1n) is 7.95. The third-order valence-electron chi connectivity index (χ3n) is 4.67. The minimum absolute atomic E-state index is 0.118. The van der Waals surface area contributed by atoms with Crippen LogP contribution >= 0.6 is 0 Å². The molecule has 1 N–H and O–H groups in total. The molecule has 0 spiro atoms. The van der Waals surface area contributed by atoms with Gasteiger partial charge in [-0.25, -0.2) is 4.39 Å². The van der Waals surface area contributed by atoms with Crippen molar-refractivity contribution in [2.24, 2.45) is 5.92 Å². The van der Waals surface area contributed by atoms with Crippen LogP contribution in [0.5, 0.6) is 5.75 Å². The van der Waals surface area contributed by atoms with Crippen molar-refractivity contribution in [2.75, 3.05) is 19.7 Å². The topological polar surface area (TPSA) is 49.8 Å². The standard InChI is InChI=1S/C17H22FNO3/c18-14-5-7-15(8-6-14)22-12-17(21)9-10-19(11-17)16(20)13-3-1-2-4-13/h5-8,13,21H,1-4,9-12H2. The van der Waals surface area contributed by atoms with Crippen molar-refractivity contribution in [1.82, 2.24) is 4.90 Å². The second kappa shape index (κ2) is 6.24. The highest BCUT2D eigenvalue weighted by molar-refractivity contribution is 5.79. The van der Waals surface area contributed by atoms with Gasteiger partial charge in [0.15, 0.2) is 0 Å². The highest BCUT2D eigenvalue weighted by Gasteiger charge is 2.41. The highest BCUT2D eigenvalue weighted by Crippen LogP contribution is 2.30. The molecule has 2 fully saturated rings. The van der Waals surface area contributed by atoms with E-state index < -0.39 is 5.60 Å². The average Bonchev–Trinajstić information content (AvgIpc) is 3.16. The van der Waals surface area contributed by atoms with Crippen molar-refractivity contribution < 1.29 is 19.0 Å². The second-order valence-electron chi connectivity index (χ2n) is 6.46. The van der Waals surface area contributed by atoms with Crippen LogP contribution in [-0.2, 0) is 4.79 Å². The van der Waals surface area contributed by atoms with Crippen molar-refractivity contribution in [3.05, 3.63) is 30.1 Å². The molecule has 22 heavy (non-hydrogen) atoms. The molecule has 0 bridgehead atoms. The normalized spacial score (nSPS) is 25.6. The summed E-state index contributed by atoms with van der Waals surface area (Å²) in [4.78, 5) is 14.1. The lowest BCUT2D eigenvalue weighted by Crippen LogP contribution is -2.42. The van der Waals surface area contributed by atoms with Crippen LogP contribution in [0.2, 0.25) is 0 Å². The Labute approximate surface area is 129 Å². The summed E-state index contributed by atoms with van der Waals surface area (Å²) < 4.78 is 18.4. The lowest BCUT2D eigenvalue weighted by molar-refractivity contribution is -0.135. The number of halogens is 1. The molecule has 120 valence electrons. The maximum Gasteiger partial charge on any atom is 0.225 e. The number of rotatable bonds is 4. The minimum Gasteiger partial charge on any atom is -0.491 e. The van der Waals surface area contributed by atoms with Gasteiger partial charge in [0.1, 0.15) is 23.8 Å². The lowest BCUT2D eigenvalue weighted by atomic mass is 10.0. The smallest absolute Gasteiger partial charge is 0.225 e. The molecule has 0 aromatic heterocycles. The number of carbonyl (C=O) groups excluding carboxylic acids is 1. The van der Waals surface area contributed by atoms with Crippen LogP contribution in [0.3, 0.4) is 0 Å². The monoisotopic (exact) mass is 307 g/mol. The van der Waals surface area contributed by atoms with Gasteiger partial charge < -0.3 is 14.7 Å². The Morgan fingerprint density at radius 3 is 2.68 bits per heavy atom. The number of benzene rings is 1. The van der Waals surface area contributed by atoms with Gasteiger partial charge in [0.25, 0.3) is 0 Å². The first-order valence-corrected chi connectivity index (χ1v) is 7.95. The highest BCUT2D eigenvalue weighted by atomic mass is 19.1. The summed E-state index contributed by atoms with van der Waals surface area (Å²) in [5.74, 6) is 0.520. The van der Waals surface area contributed by atoms with E-state index in [0.29, 0.717) is 25.3 Å². The number of hydrogen-bond donors (Lipinski definition) is 1. The molecular weight excluding hydrogens is 285 g/mol. The van der Waals surface area contributed by atoms with Crippen LogP contribution < -0.4 is 4.74 Å². The molecule has 5 heteroatoms. The summed E-state index contributed by atoms with van der Waals surface area (Å²) in [6, 6.07) is 5.72. The van der Waals surface area contributed by atoms with E-state index >= 15 is 0 Å². The molecule has 1 atom stereocenters. The average molecular weight is 307 g/mol. The summed E-state index contributed by atoms with van der Waals surface area (Å²) in [5.41, 5.74) is -1.01. The van der Waals surface area contributed by atoms with E-state index in [2.05, 4.69) is 0 Å². The fourth-order valence-electron chi connectivity index (χ4n) is 3.34. The van der Waals surface area contributed by atoms with Gasteiger partial charge in [-0.3, -0.25) is 4.79 Å². The van der Waals surface area contributed by atoms with Crippen LogP contribution in [0, 0.1) is 11.7 Å². The Bertz CT molecular complexity index is 527. The van der Waals surface area contributed by atoms with E-state index in [4.69, 9.17) is 4.74 Å². The zero-order chi connectivity index (χ0) is 15.6. The number of nitrogens with zero attached hydrogens (tertiary/aromatic N) is 1. The quantitative estimate of drug-likeness (QED) is 0.929. The second-order valence-corrected chi connectivity index (χ2v) is 6.46.